The lowest BCUT2D eigenvalue weighted by molar-refractivity contribution is -0.140. The van der Waals surface area contributed by atoms with Crippen LogP contribution in [-0.2, 0) is 32.6 Å². The highest BCUT2D eigenvalue weighted by atomic mass is 32.2. The summed E-state index contributed by atoms with van der Waals surface area (Å²) in [6, 6.07) is 27.1. The summed E-state index contributed by atoms with van der Waals surface area (Å²) >= 11 is 0. The van der Waals surface area contributed by atoms with Gasteiger partial charge in [-0.05, 0) is 86.3 Å². The van der Waals surface area contributed by atoms with Crippen LogP contribution in [-0.4, -0.2) is 50.4 Å². The predicted octanol–water partition coefficient (Wildman–Crippen LogP) is 6.43. The molecule has 2 amide bonds. The number of nitrogens with zero attached hydrogens (tertiary/aromatic N) is 2. The first-order chi connectivity index (χ1) is 23.1. The fourth-order valence-corrected chi connectivity index (χ4v) is 7.36. The molecule has 0 spiro atoms. The van der Waals surface area contributed by atoms with Crippen molar-refractivity contribution in [3.8, 4) is 5.75 Å². The highest BCUT2D eigenvalue weighted by molar-refractivity contribution is 7.92. The number of hydrogen-bond acceptors (Lipinski definition) is 5. The highest BCUT2D eigenvalue weighted by Crippen LogP contribution is 2.27. The second kappa shape index (κ2) is 15.9. The molecule has 0 aromatic heterocycles. The predicted molar refractivity (Wildman–Crippen MR) is 185 cm³/mol. The molecule has 1 aliphatic rings. The van der Waals surface area contributed by atoms with E-state index in [0.29, 0.717) is 12.4 Å². The molecule has 48 heavy (non-hydrogen) atoms. The van der Waals surface area contributed by atoms with E-state index in [-0.39, 0.29) is 35.5 Å². The van der Waals surface area contributed by atoms with Crippen LogP contribution in [0.5, 0.6) is 5.75 Å². The molecule has 1 atom stereocenters. The number of sulfonamides is 1. The number of aryl methyl sites for hydroxylation is 1. The first kappa shape index (κ1) is 34.6. The number of benzene rings is 4. The maximum atomic E-state index is 14.6. The van der Waals surface area contributed by atoms with Crippen molar-refractivity contribution in [2.24, 2.45) is 0 Å². The third-order valence-electron chi connectivity index (χ3n) is 8.56. The molecule has 5 rings (SSSR count). The highest BCUT2D eigenvalue weighted by Gasteiger charge is 2.35. The first-order valence-corrected chi connectivity index (χ1v) is 17.8. The van der Waals surface area contributed by atoms with Gasteiger partial charge in [0.25, 0.3) is 10.0 Å². The van der Waals surface area contributed by atoms with Gasteiger partial charge in [0, 0.05) is 19.0 Å². The molecule has 0 bridgehead atoms. The molecule has 8 nitrogen and oxygen atoms in total. The Kier molecular flexibility index (Phi) is 11.5. The zero-order valence-electron chi connectivity index (χ0n) is 27.3. The Balaban J connectivity index is 1.55. The molecule has 0 heterocycles. The molecule has 252 valence electrons. The van der Waals surface area contributed by atoms with Crippen molar-refractivity contribution in [3.63, 3.8) is 0 Å². The summed E-state index contributed by atoms with van der Waals surface area (Å²) in [5, 5.41) is 3.17. The lowest BCUT2D eigenvalue weighted by Crippen LogP contribution is -2.54. The van der Waals surface area contributed by atoms with Gasteiger partial charge in [0.2, 0.25) is 11.8 Å². The Morgan fingerprint density at radius 2 is 1.52 bits per heavy atom. The van der Waals surface area contributed by atoms with Gasteiger partial charge >= 0.3 is 0 Å². The summed E-state index contributed by atoms with van der Waals surface area (Å²) < 4.78 is 48.9. The molecule has 1 fully saturated rings. The number of rotatable bonds is 14. The summed E-state index contributed by atoms with van der Waals surface area (Å²) in [4.78, 5) is 30.1. The lowest BCUT2D eigenvalue weighted by Gasteiger charge is -2.34. The number of halogens is 1. The summed E-state index contributed by atoms with van der Waals surface area (Å²) in [5.74, 6) is -0.899. The zero-order chi connectivity index (χ0) is 34.1. The van der Waals surface area contributed by atoms with E-state index in [4.69, 9.17) is 4.74 Å². The van der Waals surface area contributed by atoms with Crippen LogP contribution in [0, 0.1) is 12.7 Å². The third-order valence-corrected chi connectivity index (χ3v) is 10.4. The maximum Gasteiger partial charge on any atom is 0.264 e. The van der Waals surface area contributed by atoms with Gasteiger partial charge in [-0.2, -0.15) is 0 Å². The van der Waals surface area contributed by atoms with Gasteiger partial charge in [-0.15, -0.1) is 0 Å². The number of amides is 2. The monoisotopic (exact) mass is 671 g/mol. The van der Waals surface area contributed by atoms with Crippen molar-refractivity contribution >= 4 is 27.5 Å². The number of nitrogens with one attached hydrogen (secondary N) is 1. The molecule has 1 N–H and O–H groups in total. The Morgan fingerprint density at radius 3 is 2.15 bits per heavy atom. The summed E-state index contributed by atoms with van der Waals surface area (Å²) in [6.45, 7) is 3.67. The number of hydrogen-bond donors (Lipinski definition) is 1. The van der Waals surface area contributed by atoms with Crippen LogP contribution >= 0.6 is 0 Å². The first-order valence-electron chi connectivity index (χ1n) is 16.3. The van der Waals surface area contributed by atoms with Crippen molar-refractivity contribution in [2.75, 3.05) is 17.5 Å². The van der Waals surface area contributed by atoms with E-state index in [9.17, 15) is 22.4 Å². The van der Waals surface area contributed by atoms with Gasteiger partial charge in [0.05, 0.1) is 17.2 Å². The summed E-state index contributed by atoms with van der Waals surface area (Å²) in [6.07, 6.45) is 4.02. The lowest BCUT2D eigenvalue weighted by atomic mass is 10.0. The largest absolute Gasteiger partial charge is 0.494 e. The Morgan fingerprint density at radius 1 is 0.875 bits per heavy atom. The minimum Gasteiger partial charge on any atom is -0.494 e. The van der Waals surface area contributed by atoms with Gasteiger partial charge in [0.1, 0.15) is 24.2 Å². The topological polar surface area (TPSA) is 96.0 Å². The Bertz CT molecular complexity index is 1760. The molecule has 1 aliphatic carbocycles. The van der Waals surface area contributed by atoms with E-state index < -0.39 is 34.3 Å². The summed E-state index contributed by atoms with van der Waals surface area (Å²) in [7, 11) is -4.32. The molecule has 0 radical (unpaired) electrons. The standard InChI is InChI=1S/C38H42FN3O5S/c1-3-47-34-21-23-35(24-22-34)48(45,46)42(33-19-17-31(39)18-20-33)27-37(43)41(26-30-15-13-28(2)14-16-30)36(25-29-9-5-4-6-10-29)38(44)40-32-11-7-8-12-32/h4-6,9-10,13-24,32,36H,3,7-8,11-12,25-27H2,1-2H3,(H,40,44). The zero-order valence-corrected chi connectivity index (χ0v) is 28.2. The fraction of sp³-hybridized carbons (Fsp3) is 0.316. The van der Waals surface area contributed by atoms with Gasteiger partial charge in [-0.3, -0.25) is 13.9 Å². The van der Waals surface area contributed by atoms with Gasteiger partial charge in [-0.1, -0.05) is 73.0 Å². The van der Waals surface area contributed by atoms with Crippen LogP contribution < -0.4 is 14.4 Å². The molecule has 4 aromatic carbocycles. The van der Waals surface area contributed by atoms with Gasteiger partial charge in [-0.25, -0.2) is 12.8 Å². The van der Waals surface area contributed by atoms with Crippen LogP contribution in [0.4, 0.5) is 10.1 Å². The van der Waals surface area contributed by atoms with E-state index >= 15 is 0 Å². The van der Waals surface area contributed by atoms with E-state index in [1.54, 1.807) is 12.1 Å². The Labute approximate surface area is 282 Å². The molecule has 1 saturated carbocycles. The molecular formula is C38H42FN3O5S. The minimum absolute atomic E-state index is 0.0165. The molecule has 0 aliphatic heterocycles. The third kappa shape index (κ3) is 8.80. The smallest absolute Gasteiger partial charge is 0.264 e. The molecule has 4 aromatic rings. The molecule has 10 heteroatoms. The number of ether oxygens (including phenoxy) is 1. The second-order valence-corrected chi connectivity index (χ2v) is 14.0. The van der Waals surface area contributed by atoms with Crippen LogP contribution in [0.3, 0.4) is 0 Å². The van der Waals surface area contributed by atoms with Gasteiger partial charge in [0.15, 0.2) is 0 Å². The molecule has 1 unspecified atom stereocenters. The van der Waals surface area contributed by atoms with Gasteiger partial charge < -0.3 is 15.0 Å². The average molecular weight is 672 g/mol. The van der Waals surface area contributed by atoms with Crippen molar-refractivity contribution in [2.45, 2.75) is 69.5 Å². The average Bonchev–Trinajstić information content (AvgIpc) is 3.60. The molecule has 0 saturated heterocycles. The number of carbonyl (C=O) groups excluding carboxylic acids is 2. The summed E-state index contributed by atoms with van der Waals surface area (Å²) in [5.41, 5.74) is 2.82. The number of anilines is 1. The maximum absolute atomic E-state index is 14.6. The van der Waals surface area contributed by atoms with Crippen LogP contribution in [0.2, 0.25) is 0 Å². The van der Waals surface area contributed by atoms with E-state index in [1.165, 1.54) is 29.2 Å². The van der Waals surface area contributed by atoms with Crippen molar-refractivity contribution < 1.29 is 27.1 Å². The quantitative estimate of drug-likeness (QED) is 0.167. The number of carbonyl (C=O) groups is 2. The van der Waals surface area contributed by atoms with E-state index in [0.717, 1.165) is 58.8 Å². The normalized spacial score (nSPS) is 13.9. The molecular weight excluding hydrogens is 629 g/mol. The minimum atomic E-state index is -4.32. The fourth-order valence-electron chi connectivity index (χ4n) is 5.95. The SMILES string of the molecule is CCOc1ccc(S(=O)(=O)N(CC(=O)N(Cc2ccc(C)cc2)C(Cc2ccccc2)C(=O)NC2CCCC2)c2ccc(F)cc2)cc1. The van der Waals surface area contributed by atoms with Crippen molar-refractivity contribution in [3.05, 3.63) is 126 Å². The van der Waals surface area contributed by atoms with E-state index in [1.807, 2.05) is 68.4 Å². The van der Waals surface area contributed by atoms with Crippen LogP contribution in [0.15, 0.2) is 108 Å². The van der Waals surface area contributed by atoms with Crippen molar-refractivity contribution in [1.82, 2.24) is 10.2 Å². The van der Waals surface area contributed by atoms with Crippen LogP contribution in [0.25, 0.3) is 0 Å². The van der Waals surface area contributed by atoms with E-state index in [2.05, 4.69) is 5.32 Å². The second-order valence-electron chi connectivity index (χ2n) is 12.1. The van der Waals surface area contributed by atoms with Crippen molar-refractivity contribution in [1.29, 1.82) is 0 Å². The van der Waals surface area contributed by atoms with Crippen LogP contribution in [0.1, 0.15) is 49.3 Å². The Hall–Kier alpha value is -4.70.